The van der Waals surface area contributed by atoms with Gasteiger partial charge >= 0.3 is 7.12 Å². The van der Waals surface area contributed by atoms with Crippen LogP contribution in [0.15, 0.2) is 115 Å². The summed E-state index contributed by atoms with van der Waals surface area (Å²) < 4.78 is 2.16. The van der Waals surface area contributed by atoms with E-state index in [0.29, 0.717) is 12.0 Å². The molecule has 2 N–H and O–H groups in total. The third-order valence-electron chi connectivity index (χ3n) is 5.25. The summed E-state index contributed by atoms with van der Waals surface area (Å²) in [5, 5.41) is 18.3. The number of nitrogens with zero attached hydrogens (tertiary/aromatic N) is 2. The van der Waals surface area contributed by atoms with Crippen molar-refractivity contribution in [2.75, 3.05) is 0 Å². The van der Waals surface area contributed by atoms with Crippen LogP contribution in [0, 0.1) is 0 Å². The van der Waals surface area contributed by atoms with Crippen LogP contribution in [-0.2, 0) is 13.1 Å². The van der Waals surface area contributed by atoms with E-state index >= 15 is 0 Å². The van der Waals surface area contributed by atoms with Crippen LogP contribution >= 0.6 is 0 Å². The molecule has 1 aromatic heterocycles. The summed E-state index contributed by atoms with van der Waals surface area (Å²) in [6.45, 7) is 7.14. The summed E-state index contributed by atoms with van der Waals surface area (Å²) in [5.41, 5.74) is 6.02. The highest BCUT2D eigenvalue weighted by Gasteiger charge is 2.09. The van der Waals surface area contributed by atoms with Gasteiger partial charge in [0.1, 0.15) is 0 Å². The molecule has 4 nitrogen and oxygen atoms in total. The van der Waals surface area contributed by atoms with Gasteiger partial charge in [0.15, 0.2) is 18.9 Å². The maximum absolute atomic E-state index is 9.16. The molecule has 0 atom stereocenters. The van der Waals surface area contributed by atoms with Gasteiger partial charge < -0.3 is 10.0 Å². The molecule has 0 amide bonds. The van der Waals surface area contributed by atoms with Crippen LogP contribution in [0.5, 0.6) is 0 Å². The van der Waals surface area contributed by atoms with Gasteiger partial charge in [0.2, 0.25) is 0 Å². The van der Waals surface area contributed by atoms with Crippen molar-refractivity contribution in [3.05, 3.63) is 132 Å². The Kier molecular flexibility index (Phi) is 9.53. The Hall–Kier alpha value is -3.80. The van der Waals surface area contributed by atoms with Gasteiger partial charge in [-0.2, -0.15) is 0 Å². The highest BCUT2D eigenvalue weighted by molar-refractivity contribution is 6.58. The van der Waals surface area contributed by atoms with Crippen molar-refractivity contribution in [2.45, 2.75) is 20.0 Å². The van der Waals surface area contributed by atoms with E-state index in [1.54, 1.807) is 18.3 Å². The fourth-order valence-electron chi connectivity index (χ4n) is 3.30. The Morgan fingerprint density at radius 1 is 0.912 bits per heavy atom. The second-order valence-corrected chi connectivity index (χ2v) is 7.85. The highest BCUT2D eigenvalue weighted by atomic mass is 16.4. The van der Waals surface area contributed by atoms with Gasteiger partial charge in [-0.25, -0.2) is 4.57 Å². The maximum atomic E-state index is 9.16. The van der Waals surface area contributed by atoms with Crippen LogP contribution < -0.4 is 10.0 Å². The van der Waals surface area contributed by atoms with Gasteiger partial charge in [0.05, 0.1) is 6.54 Å². The van der Waals surface area contributed by atoms with E-state index in [-0.39, 0.29) is 0 Å². The van der Waals surface area contributed by atoms with Gasteiger partial charge in [-0.3, -0.25) is 4.99 Å². The van der Waals surface area contributed by atoms with E-state index in [0.717, 1.165) is 28.8 Å². The van der Waals surface area contributed by atoms with Crippen LogP contribution in [-0.4, -0.2) is 23.4 Å². The Morgan fingerprint density at radius 3 is 2.21 bits per heavy atom. The largest absolute Gasteiger partial charge is 0.488 e. The van der Waals surface area contributed by atoms with E-state index in [9.17, 15) is 0 Å². The molecule has 3 aromatic rings. The van der Waals surface area contributed by atoms with E-state index < -0.39 is 7.12 Å². The number of aliphatic imine (C=N–C) groups is 1. The zero-order valence-corrected chi connectivity index (χ0v) is 19.5. The lowest BCUT2D eigenvalue weighted by Crippen LogP contribution is -2.33. The average molecular weight is 449 g/mol. The monoisotopic (exact) mass is 449 g/mol. The molecule has 0 spiro atoms. The maximum Gasteiger partial charge on any atom is 0.488 e. The first-order valence-electron chi connectivity index (χ1n) is 11.2. The number of hydrogen-bond donors (Lipinski definition) is 2. The van der Waals surface area contributed by atoms with Gasteiger partial charge in [0, 0.05) is 23.9 Å². The van der Waals surface area contributed by atoms with Gasteiger partial charge in [-0.15, -0.1) is 0 Å². The van der Waals surface area contributed by atoms with Gasteiger partial charge in [-0.05, 0) is 40.7 Å². The molecule has 34 heavy (non-hydrogen) atoms. The first kappa shape index (κ1) is 24.8. The summed E-state index contributed by atoms with van der Waals surface area (Å²) in [6, 6.07) is 19.7. The first-order chi connectivity index (χ1) is 16.6. The minimum Gasteiger partial charge on any atom is -0.423 e. The molecule has 0 radical (unpaired) electrons. The SMILES string of the molecule is C=Cc1ccc(C[n+]2ccc(/C=C/C(/C=C\C)=C/C=NCc3ccc(B(O)O)cc3)cc2)cc1. The molecule has 2 aromatic carbocycles. The Labute approximate surface area is 202 Å². The number of rotatable bonds is 10. The summed E-state index contributed by atoms with van der Waals surface area (Å²) in [5.74, 6) is 0. The average Bonchev–Trinajstić information content (AvgIpc) is 2.86. The number of hydrogen-bond acceptors (Lipinski definition) is 3. The van der Waals surface area contributed by atoms with Crippen LogP contribution in [0.2, 0.25) is 0 Å². The molecule has 170 valence electrons. The fourth-order valence-corrected chi connectivity index (χ4v) is 3.30. The smallest absolute Gasteiger partial charge is 0.423 e. The van der Waals surface area contributed by atoms with Crippen molar-refractivity contribution >= 4 is 30.9 Å². The predicted molar refractivity (Wildman–Crippen MR) is 143 cm³/mol. The van der Waals surface area contributed by atoms with E-state index in [1.807, 2.05) is 43.4 Å². The third-order valence-corrected chi connectivity index (χ3v) is 5.25. The summed E-state index contributed by atoms with van der Waals surface area (Å²) >= 11 is 0. The molecule has 0 saturated heterocycles. The zero-order valence-electron chi connectivity index (χ0n) is 19.5. The topological polar surface area (TPSA) is 56.7 Å². The highest BCUT2D eigenvalue weighted by Crippen LogP contribution is 2.08. The first-order valence-corrected chi connectivity index (χ1v) is 11.2. The Bertz CT molecular complexity index is 1170. The summed E-state index contributed by atoms with van der Waals surface area (Å²) in [6.07, 6.45) is 18.0. The molecule has 3 rings (SSSR count). The van der Waals surface area contributed by atoms with E-state index in [4.69, 9.17) is 10.0 Å². The lowest BCUT2D eigenvalue weighted by Gasteiger charge is -2.00. The minimum absolute atomic E-state index is 0.474. The van der Waals surface area contributed by atoms with Gasteiger partial charge in [0.25, 0.3) is 0 Å². The quantitative estimate of drug-likeness (QED) is 0.212. The number of pyridine rings is 1. The van der Waals surface area contributed by atoms with Crippen LogP contribution in [0.3, 0.4) is 0 Å². The number of aromatic nitrogens is 1. The molecular weight excluding hydrogens is 419 g/mol. The lowest BCUT2D eigenvalue weighted by atomic mass is 9.80. The molecule has 0 fully saturated rings. The van der Waals surface area contributed by atoms with Crippen LogP contribution in [0.1, 0.15) is 29.2 Å². The van der Waals surface area contributed by atoms with E-state index in [2.05, 4.69) is 77.1 Å². The molecule has 0 unspecified atom stereocenters. The summed E-state index contributed by atoms with van der Waals surface area (Å²) in [7, 11) is -1.44. The van der Waals surface area contributed by atoms with Crippen LogP contribution in [0.25, 0.3) is 12.2 Å². The molecule has 0 saturated carbocycles. The second-order valence-electron chi connectivity index (χ2n) is 7.85. The molecule has 0 bridgehead atoms. The molecule has 1 heterocycles. The van der Waals surface area contributed by atoms with Crippen molar-refractivity contribution in [3.63, 3.8) is 0 Å². The van der Waals surface area contributed by atoms with Crippen molar-refractivity contribution in [1.82, 2.24) is 0 Å². The second kappa shape index (κ2) is 13.0. The summed E-state index contributed by atoms with van der Waals surface area (Å²) in [4.78, 5) is 4.45. The van der Waals surface area contributed by atoms with Crippen molar-refractivity contribution in [1.29, 1.82) is 0 Å². The van der Waals surface area contributed by atoms with Crippen molar-refractivity contribution in [3.8, 4) is 0 Å². The molecule has 0 aliphatic carbocycles. The standard InChI is InChI=1S/C29H30BN2O2/c1-3-5-25(16-19-31-22-27-12-14-29(15-13-27)30(33)34)8-9-26-17-20-32(21-18-26)23-28-10-6-24(4-2)7-11-28/h3-21,33-34H,2,22-23H2,1H3/q+1/b5-3-,9-8+,25-16+,31-19?. The van der Waals surface area contributed by atoms with Gasteiger partial charge in [-0.1, -0.05) is 85.5 Å². The zero-order chi connectivity index (χ0) is 24.2. The molecule has 0 aliphatic rings. The molecule has 5 heteroatoms. The Morgan fingerprint density at radius 2 is 1.59 bits per heavy atom. The van der Waals surface area contributed by atoms with Crippen molar-refractivity contribution < 1.29 is 14.6 Å². The number of benzene rings is 2. The predicted octanol–water partition coefficient (Wildman–Crippen LogP) is 4.13. The molecule has 0 aliphatic heterocycles. The normalized spacial score (nSPS) is 12.1. The third kappa shape index (κ3) is 7.96. The number of allylic oxidation sites excluding steroid dienone is 5. The van der Waals surface area contributed by atoms with Crippen molar-refractivity contribution in [2.24, 2.45) is 4.99 Å². The van der Waals surface area contributed by atoms with Crippen LogP contribution in [0.4, 0.5) is 0 Å². The Balaban J connectivity index is 1.58. The fraction of sp³-hybridized carbons (Fsp3) is 0.103. The minimum atomic E-state index is -1.44. The molecular formula is C29H30BN2O2+. The van der Waals surface area contributed by atoms with E-state index in [1.165, 1.54) is 5.56 Å². The lowest BCUT2D eigenvalue weighted by molar-refractivity contribution is -0.688.